The summed E-state index contributed by atoms with van der Waals surface area (Å²) < 4.78 is 4.39. The number of hydrogen-bond donors (Lipinski definition) is 1. The number of aromatic nitrogens is 2. The van der Waals surface area contributed by atoms with Gasteiger partial charge in [-0.1, -0.05) is 0 Å². The van der Waals surface area contributed by atoms with Gasteiger partial charge < -0.3 is 9.84 Å². The van der Waals surface area contributed by atoms with E-state index >= 15 is 0 Å². The van der Waals surface area contributed by atoms with Gasteiger partial charge in [-0.25, -0.2) is 14.8 Å². The lowest BCUT2D eigenvalue weighted by molar-refractivity contribution is 0.0586. The summed E-state index contributed by atoms with van der Waals surface area (Å²) in [5.41, 5.74) is 0.352. The van der Waals surface area contributed by atoms with Crippen molar-refractivity contribution in [2.24, 2.45) is 0 Å². The summed E-state index contributed by atoms with van der Waals surface area (Å²) in [6.45, 7) is 1.57. The van der Waals surface area contributed by atoms with E-state index in [9.17, 15) is 4.79 Å². The second-order valence-corrected chi connectivity index (χ2v) is 2.16. The van der Waals surface area contributed by atoms with Crippen LogP contribution in [0.1, 0.15) is 16.3 Å². The number of hydrogen-bond acceptors (Lipinski definition) is 5. The second-order valence-electron chi connectivity index (χ2n) is 2.16. The zero-order chi connectivity index (χ0) is 9.14. The third-order valence-corrected chi connectivity index (χ3v) is 1.32. The maximum atomic E-state index is 10.8. The standard InChI is InChI=1S/C7H8N2O3/c1-4-5(10)3-8-6(9-4)7(11)12-2/h3,10H,1-2H3. The van der Waals surface area contributed by atoms with Crippen LogP contribution in [0.15, 0.2) is 6.20 Å². The zero-order valence-electron chi connectivity index (χ0n) is 6.74. The number of ether oxygens (including phenoxy) is 1. The highest BCUT2D eigenvalue weighted by Crippen LogP contribution is 2.10. The fraction of sp³-hybridized carbons (Fsp3) is 0.286. The third-order valence-electron chi connectivity index (χ3n) is 1.32. The van der Waals surface area contributed by atoms with Crippen LogP contribution in [-0.4, -0.2) is 28.2 Å². The van der Waals surface area contributed by atoms with E-state index in [0.29, 0.717) is 5.69 Å². The number of carbonyl (C=O) groups excluding carboxylic acids is 1. The van der Waals surface area contributed by atoms with Gasteiger partial charge in [-0.2, -0.15) is 0 Å². The lowest BCUT2D eigenvalue weighted by atomic mass is 10.4. The highest BCUT2D eigenvalue weighted by Gasteiger charge is 2.09. The fourth-order valence-corrected chi connectivity index (χ4v) is 0.650. The molecule has 0 atom stereocenters. The van der Waals surface area contributed by atoms with E-state index in [0.717, 1.165) is 6.20 Å². The van der Waals surface area contributed by atoms with E-state index in [-0.39, 0.29) is 11.6 Å². The first-order valence-corrected chi connectivity index (χ1v) is 3.26. The smallest absolute Gasteiger partial charge is 0.376 e. The molecule has 0 aliphatic rings. The predicted molar refractivity (Wildman–Crippen MR) is 39.8 cm³/mol. The molecule has 1 aromatic heterocycles. The largest absolute Gasteiger partial charge is 0.504 e. The molecule has 12 heavy (non-hydrogen) atoms. The molecule has 0 spiro atoms. The van der Waals surface area contributed by atoms with Crippen LogP contribution in [-0.2, 0) is 4.74 Å². The Morgan fingerprint density at radius 3 is 2.83 bits per heavy atom. The molecular weight excluding hydrogens is 160 g/mol. The van der Waals surface area contributed by atoms with Gasteiger partial charge in [0.2, 0.25) is 5.82 Å². The minimum absolute atomic E-state index is 0.0392. The summed E-state index contributed by atoms with van der Waals surface area (Å²) in [7, 11) is 1.24. The van der Waals surface area contributed by atoms with Gasteiger partial charge in [0.1, 0.15) is 0 Å². The number of aromatic hydroxyl groups is 1. The van der Waals surface area contributed by atoms with Crippen LogP contribution in [0, 0.1) is 6.92 Å². The lowest BCUT2D eigenvalue weighted by Gasteiger charge is -1.99. The average molecular weight is 168 g/mol. The van der Waals surface area contributed by atoms with Crippen molar-refractivity contribution in [1.29, 1.82) is 0 Å². The third kappa shape index (κ3) is 1.50. The van der Waals surface area contributed by atoms with E-state index < -0.39 is 5.97 Å². The van der Waals surface area contributed by atoms with E-state index in [2.05, 4.69) is 14.7 Å². The van der Waals surface area contributed by atoms with Crippen molar-refractivity contribution in [3.63, 3.8) is 0 Å². The van der Waals surface area contributed by atoms with Crippen molar-refractivity contribution in [2.75, 3.05) is 7.11 Å². The Hall–Kier alpha value is -1.65. The van der Waals surface area contributed by atoms with Gasteiger partial charge in [0.05, 0.1) is 19.0 Å². The van der Waals surface area contributed by atoms with Crippen LogP contribution >= 0.6 is 0 Å². The van der Waals surface area contributed by atoms with E-state index in [1.54, 1.807) is 6.92 Å². The first kappa shape index (κ1) is 8.45. The zero-order valence-corrected chi connectivity index (χ0v) is 6.74. The molecular formula is C7H8N2O3. The number of nitrogens with zero attached hydrogens (tertiary/aromatic N) is 2. The molecule has 1 aromatic rings. The van der Waals surface area contributed by atoms with Gasteiger partial charge in [-0.15, -0.1) is 0 Å². The molecule has 0 amide bonds. The van der Waals surface area contributed by atoms with Crippen LogP contribution in [0.4, 0.5) is 0 Å². The second kappa shape index (κ2) is 3.17. The van der Waals surface area contributed by atoms with Crippen molar-refractivity contribution >= 4 is 5.97 Å². The Labute approximate surface area is 69.0 Å². The minimum atomic E-state index is -0.613. The summed E-state index contributed by atoms with van der Waals surface area (Å²) in [6, 6.07) is 0. The summed E-state index contributed by atoms with van der Waals surface area (Å²) in [5.74, 6) is -0.700. The molecule has 0 aliphatic carbocycles. The summed E-state index contributed by atoms with van der Waals surface area (Å²) in [6.07, 6.45) is 1.16. The Kier molecular flexibility index (Phi) is 2.23. The molecule has 64 valence electrons. The van der Waals surface area contributed by atoms with Crippen LogP contribution in [0.3, 0.4) is 0 Å². The highest BCUT2D eigenvalue weighted by atomic mass is 16.5. The Bertz CT molecular complexity index is 312. The molecule has 0 radical (unpaired) electrons. The molecule has 0 unspecified atom stereocenters. The molecule has 0 aromatic carbocycles. The van der Waals surface area contributed by atoms with Gasteiger partial charge >= 0.3 is 5.97 Å². The van der Waals surface area contributed by atoms with Gasteiger partial charge in [-0.05, 0) is 6.92 Å². The van der Waals surface area contributed by atoms with E-state index in [4.69, 9.17) is 5.11 Å². The predicted octanol–water partition coefficient (Wildman–Crippen LogP) is 0.277. The van der Waals surface area contributed by atoms with Crippen molar-refractivity contribution in [3.05, 3.63) is 17.7 Å². The SMILES string of the molecule is COC(=O)c1ncc(O)c(C)n1. The monoisotopic (exact) mass is 168 g/mol. The molecule has 0 bridgehead atoms. The van der Waals surface area contributed by atoms with E-state index in [1.165, 1.54) is 7.11 Å². The van der Waals surface area contributed by atoms with Crippen LogP contribution in [0.25, 0.3) is 0 Å². The van der Waals surface area contributed by atoms with Crippen LogP contribution < -0.4 is 0 Å². The maximum absolute atomic E-state index is 10.8. The Morgan fingerprint density at radius 2 is 2.33 bits per heavy atom. The van der Waals surface area contributed by atoms with Gasteiger partial charge in [0.15, 0.2) is 5.75 Å². The first-order valence-electron chi connectivity index (χ1n) is 3.26. The number of rotatable bonds is 1. The molecule has 0 aliphatic heterocycles. The molecule has 1 heterocycles. The minimum Gasteiger partial charge on any atom is -0.504 e. The van der Waals surface area contributed by atoms with Gasteiger partial charge in [0.25, 0.3) is 0 Å². The Morgan fingerprint density at radius 1 is 1.67 bits per heavy atom. The maximum Gasteiger partial charge on any atom is 0.376 e. The first-order chi connectivity index (χ1) is 5.65. The van der Waals surface area contributed by atoms with Crippen LogP contribution in [0.5, 0.6) is 5.75 Å². The normalized spacial score (nSPS) is 9.50. The molecule has 1 N–H and O–H groups in total. The molecule has 0 saturated carbocycles. The molecule has 1 rings (SSSR count). The van der Waals surface area contributed by atoms with Crippen molar-refractivity contribution in [1.82, 2.24) is 9.97 Å². The topological polar surface area (TPSA) is 72.3 Å². The quantitative estimate of drug-likeness (QED) is 0.609. The summed E-state index contributed by atoms with van der Waals surface area (Å²) >= 11 is 0. The van der Waals surface area contributed by atoms with Crippen molar-refractivity contribution < 1.29 is 14.6 Å². The number of esters is 1. The van der Waals surface area contributed by atoms with Crippen molar-refractivity contribution in [3.8, 4) is 5.75 Å². The highest BCUT2D eigenvalue weighted by molar-refractivity contribution is 5.84. The van der Waals surface area contributed by atoms with Crippen molar-refractivity contribution in [2.45, 2.75) is 6.92 Å². The summed E-state index contributed by atoms with van der Waals surface area (Å²) in [5, 5.41) is 9.02. The number of carbonyl (C=O) groups is 1. The van der Waals surface area contributed by atoms with Gasteiger partial charge in [0, 0.05) is 0 Å². The summed E-state index contributed by atoms with van der Waals surface area (Å²) in [4.78, 5) is 18.1. The molecule has 5 heteroatoms. The number of methoxy groups -OCH3 is 1. The van der Waals surface area contributed by atoms with Crippen LogP contribution in [0.2, 0.25) is 0 Å². The Balaban J connectivity index is 3.05. The fourth-order valence-electron chi connectivity index (χ4n) is 0.650. The average Bonchev–Trinajstić information content (AvgIpc) is 2.08. The lowest BCUT2D eigenvalue weighted by Crippen LogP contribution is -2.07. The molecule has 5 nitrogen and oxygen atoms in total. The van der Waals surface area contributed by atoms with E-state index in [1.807, 2.05) is 0 Å². The molecule has 0 fully saturated rings. The molecule has 0 saturated heterocycles. The number of aryl methyl sites for hydroxylation is 1. The van der Waals surface area contributed by atoms with Gasteiger partial charge in [-0.3, -0.25) is 0 Å².